The molecule has 0 saturated carbocycles. The van der Waals surface area contributed by atoms with Gasteiger partial charge in [-0.05, 0) is 70.6 Å². The SMILES string of the molecule is CC(c1ccc(N)cc1)N1CCC(CN(C)C)CC1. The van der Waals surface area contributed by atoms with Gasteiger partial charge < -0.3 is 10.6 Å². The summed E-state index contributed by atoms with van der Waals surface area (Å²) in [5, 5.41) is 0. The maximum atomic E-state index is 5.75. The van der Waals surface area contributed by atoms with Crippen molar-refractivity contribution in [1.82, 2.24) is 9.80 Å². The Labute approximate surface area is 117 Å². The summed E-state index contributed by atoms with van der Waals surface area (Å²) in [6.45, 7) is 5.95. The summed E-state index contributed by atoms with van der Waals surface area (Å²) >= 11 is 0. The van der Waals surface area contributed by atoms with E-state index in [1.165, 1.54) is 38.0 Å². The molecule has 106 valence electrons. The van der Waals surface area contributed by atoms with Crippen molar-refractivity contribution in [3.05, 3.63) is 29.8 Å². The van der Waals surface area contributed by atoms with E-state index in [1.54, 1.807) is 0 Å². The number of piperidine rings is 1. The minimum absolute atomic E-state index is 0.501. The smallest absolute Gasteiger partial charge is 0.0319 e. The maximum absolute atomic E-state index is 5.75. The Morgan fingerprint density at radius 2 is 1.79 bits per heavy atom. The topological polar surface area (TPSA) is 32.5 Å². The molecular formula is C16H27N3. The van der Waals surface area contributed by atoms with Gasteiger partial charge in [0, 0.05) is 18.3 Å². The van der Waals surface area contributed by atoms with Crippen LogP contribution in [0.25, 0.3) is 0 Å². The number of nitrogen functional groups attached to an aromatic ring is 1. The highest BCUT2D eigenvalue weighted by Gasteiger charge is 2.23. The molecule has 1 saturated heterocycles. The first kappa shape index (κ1) is 14.4. The van der Waals surface area contributed by atoms with Gasteiger partial charge in [-0.15, -0.1) is 0 Å². The molecule has 0 aromatic heterocycles. The van der Waals surface area contributed by atoms with Crippen LogP contribution in [0.2, 0.25) is 0 Å². The lowest BCUT2D eigenvalue weighted by atomic mass is 9.94. The molecule has 0 bridgehead atoms. The molecular weight excluding hydrogens is 234 g/mol. The summed E-state index contributed by atoms with van der Waals surface area (Å²) in [7, 11) is 4.34. The van der Waals surface area contributed by atoms with E-state index >= 15 is 0 Å². The van der Waals surface area contributed by atoms with Crippen LogP contribution in [-0.4, -0.2) is 43.5 Å². The monoisotopic (exact) mass is 261 g/mol. The van der Waals surface area contributed by atoms with Gasteiger partial charge in [0.15, 0.2) is 0 Å². The minimum Gasteiger partial charge on any atom is -0.399 e. The van der Waals surface area contributed by atoms with Crippen LogP contribution < -0.4 is 5.73 Å². The molecule has 3 heteroatoms. The van der Waals surface area contributed by atoms with Crippen molar-refractivity contribution in [1.29, 1.82) is 0 Å². The average molecular weight is 261 g/mol. The first-order valence-electron chi connectivity index (χ1n) is 7.30. The Morgan fingerprint density at radius 1 is 1.21 bits per heavy atom. The Kier molecular flexibility index (Phi) is 4.83. The van der Waals surface area contributed by atoms with Gasteiger partial charge in [-0.3, -0.25) is 4.90 Å². The third kappa shape index (κ3) is 3.95. The molecule has 19 heavy (non-hydrogen) atoms. The fourth-order valence-corrected chi connectivity index (χ4v) is 3.02. The Bertz CT molecular complexity index is 377. The van der Waals surface area contributed by atoms with Gasteiger partial charge in [0.25, 0.3) is 0 Å². The number of hydrogen-bond acceptors (Lipinski definition) is 3. The van der Waals surface area contributed by atoms with Gasteiger partial charge in [-0.2, -0.15) is 0 Å². The highest BCUT2D eigenvalue weighted by atomic mass is 15.2. The molecule has 3 nitrogen and oxygen atoms in total. The number of nitrogens with zero attached hydrogens (tertiary/aromatic N) is 2. The summed E-state index contributed by atoms with van der Waals surface area (Å²) in [5.74, 6) is 0.866. The largest absolute Gasteiger partial charge is 0.399 e. The molecule has 0 amide bonds. The Morgan fingerprint density at radius 3 is 2.32 bits per heavy atom. The lowest BCUT2D eigenvalue weighted by Gasteiger charge is -2.37. The summed E-state index contributed by atoms with van der Waals surface area (Å²) in [5.41, 5.74) is 7.97. The average Bonchev–Trinajstić information content (AvgIpc) is 2.39. The van der Waals surface area contributed by atoms with Crippen LogP contribution in [0.3, 0.4) is 0 Å². The Balaban J connectivity index is 1.88. The number of nitrogens with two attached hydrogens (primary N) is 1. The number of likely N-dealkylation sites (tertiary alicyclic amines) is 1. The van der Waals surface area contributed by atoms with Gasteiger partial charge >= 0.3 is 0 Å². The molecule has 1 atom stereocenters. The summed E-state index contributed by atoms with van der Waals surface area (Å²) in [6.07, 6.45) is 2.63. The quantitative estimate of drug-likeness (QED) is 0.846. The standard InChI is InChI=1S/C16H27N3/c1-13(15-4-6-16(17)7-5-15)19-10-8-14(9-11-19)12-18(2)3/h4-7,13-14H,8-12,17H2,1-3H3. The number of benzene rings is 1. The highest BCUT2D eigenvalue weighted by molar-refractivity contribution is 5.40. The number of hydrogen-bond donors (Lipinski definition) is 1. The third-order valence-corrected chi connectivity index (χ3v) is 4.24. The van der Waals surface area contributed by atoms with Crippen LogP contribution in [0.1, 0.15) is 31.4 Å². The zero-order valence-corrected chi connectivity index (χ0v) is 12.5. The second kappa shape index (κ2) is 6.40. The van der Waals surface area contributed by atoms with Crippen molar-refractivity contribution in [2.45, 2.75) is 25.8 Å². The van der Waals surface area contributed by atoms with Gasteiger partial charge in [-0.1, -0.05) is 12.1 Å². The molecule has 1 aromatic rings. The molecule has 0 radical (unpaired) electrons. The molecule has 1 heterocycles. The van der Waals surface area contributed by atoms with E-state index in [4.69, 9.17) is 5.73 Å². The van der Waals surface area contributed by atoms with E-state index in [9.17, 15) is 0 Å². The van der Waals surface area contributed by atoms with E-state index in [-0.39, 0.29) is 0 Å². The molecule has 2 rings (SSSR count). The first-order chi connectivity index (χ1) is 9.06. The second-order valence-electron chi connectivity index (χ2n) is 6.08. The van der Waals surface area contributed by atoms with Gasteiger partial charge in [0.05, 0.1) is 0 Å². The minimum atomic E-state index is 0.501. The van der Waals surface area contributed by atoms with Crippen molar-refractivity contribution in [2.24, 2.45) is 5.92 Å². The zero-order chi connectivity index (χ0) is 13.8. The van der Waals surface area contributed by atoms with E-state index in [0.29, 0.717) is 6.04 Å². The molecule has 1 fully saturated rings. The Hall–Kier alpha value is -1.06. The summed E-state index contributed by atoms with van der Waals surface area (Å²) in [4.78, 5) is 4.90. The maximum Gasteiger partial charge on any atom is 0.0319 e. The molecule has 1 aliphatic heterocycles. The molecule has 1 unspecified atom stereocenters. The fraction of sp³-hybridized carbons (Fsp3) is 0.625. The van der Waals surface area contributed by atoms with Crippen molar-refractivity contribution in [2.75, 3.05) is 39.5 Å². The predicted octanol–water partition coefficient (Wildman–Crippen LogP) is 2.60. The van der Waals surface area contributed by atoms with E-state index in [0.717, 1.165) is 11.6 Å². The van der Waals surface area contributed by atoms with Crippen molar-refractivity contribution in [3.8, 4) is 0 Å². The van der Waals surface area contributed by atoms with Crippen LogP contribution in [-0.2, 0) is 0 Å². The first-order valence-corrected chi connectivity index (χ1v) is 7.30. The second-order valence-corrected chi connectivity index (χ2v) is 6.08. The number of anilines is 1. The van der Waals surface area contributed by atoms with Crippen LogP contribution in [0.15, 0.2) is 24.3 Å². The molecule has 0 aliphatic carbocycles. The summed E-state index contributed by atoms with van der Waals surface area (Å²) in [6, 6.07) is 8.83. The molecule has 2 N–H and O–H groups in total. The van der Waals surface area contributed by atoms with Gasteiger partial charge in [0.2, 0.25) is 0 Å². The van der Waals surface area contributed by atoms with Crippen LogP contribution >= 0.6 is 0 Å². The highest BCUT2D eigenvalue weighted by Crippen LogP contribution is 2.27. The fourth-order valence-electron chi connectivity index (χ4n) is 3.02. The lowest BCUT2D eigenvalue weighted by molar-refractivity contribution is 0.127. The number of rotatable bonds is 4. The van der Waals surface area contributed by atoms with Crippen molar-refractivity contribution < 1.29 is 0 Å². The van der Waals surface area contributed by atoms with Crippen molar-refractivity contribution >= 4 is 5.69 Å². The van der Waals surface area contributed by atoms with Crippen LogP contribution in [0.5, 0.6) is 0 Å². The van der Waals surface area contributed by atoms with Gasteiger partial charge in [0.1, 0.15) is 0 Å². The molecule has 0 spiro atoms. The van der Waals surface area contributed by atoms with E-state index in [2.05, 4.69) is 43.0 Å². The zero-order valence-electron chi connectivity index (χ0n) is 12.5. The van der Waals surface area contributed by atoms with E-state index in [1.807, 2.05) is 12.1 Å². The van der Waals surface area contributed by atoms with Crippen LogP contribution in [0, 0.1) is 5.92 Å². The van der Waals surface area contributed by atoms with Crippen LogP contribution in [0.4, 0.5) is 5.69 Å². The molecule has 1 aromatic carbocycles. The van der Waals surface area contributed by atoms with Gasteiger partial charge in [-0.25, -0.2) is 0 Å². The summed E-state index contributed by atoms with van der Waals surface area (Å²) < 4.78 is 0. The predicted molar refractivity (Wildman–Crippen MR) is 82.1 cm³/mol. The molecule has 1 aliphatic rings. The van der Waals surface area contributed by atoms with E-state index < -0.39 is 0 Å². The van der Waals surface area contributed by atoms with Crippen molar-refractivity contribution in [3.63, 3.8) is 0 Å². The normalized spacial score (nSPS) is 19.8. The lowest BCUT2D eigenvalue weighted by Crippen LogP contribution is -2.38. The third-order valence-electron chi connectivity index (χ3n) is 4.24.